The summed E-state index contributed by atoms with van der Waals surface area (Å²) in [4.78, 5) is 4.59. The van der Waals surface area contributed by atoms with Gasteiger partial charge in [-0.15, -0.1) is 0 Å². The molecule has 0 spiro atoms. The van der Waals surface area contributed by atoms with Crippen LogP contribution in [0.2, 0.25) is 0 Å². The number of aromatic nitrogens is 2. The number of aliphatic imine (C=N–C) groups is 1. The van der Waals surface area contributed by atoms with Gasteiger partial charge in [-0.1, -0.05) is 11.8 Å². The van der Waals surface area contributed by atoms with Gasteiger partial charge in [-0.2, -0.15) is 5.10 Å². The lowest BCUT2D eigenvalue weighted by molar-refractivity contribution is 0.508. The minimum atomic E-state index is 0.374. The predicted octanol–water partition coefficient (Wildman–Crippen LogP) is 1.74. The van der Waals surface area contributed by atoms with Crippen LogP contribution in [0.25, 0.3) is 0 Å². The monoisotopic (exact) mass is 250 g/mol. The van der Waals surface area contributed by atoms with Crippen LogP contribution < -0.4 is 5.32 Å². The van der Waals surface area contributed by atoms with Crippen LogP contribution in [0.5, 0.6) is 0 Å². The molecule has 1 aromatic heterocycles. The SMILES string of the molecule is CC(Cn1cccn1)NC1=NCC(C2CC2)S1. The molecule has 0 bridgehead atoms. The Balaban J connectivity index is 1.47. The van der Waals surface area contributed by atoms with E-state index in [1.807, 2.05) is 34.9 Å². The van der Waals surface area contributed by atoms with E-state index in [4.69, 9.17) is 0 Å². The summed E-state index contributed by atoms with van der Waals surface area (Å²) in [6.07, 6.45) is 6.62. The highest BCUT2D eigenvalue weighted by Crippen LogP contribution is 2.41. The van der Waals surface area contributed by atoms with Gasteiger partial charge in [0.2, 0.25) is 0 Å². The lowest BCUT2D eigenvalue weighted by atomic mass is 10.3. The summed E-state index contributed by atoms with van der Waals surface area (Å²) in [5.41, 5.74) is 0. The zero-order valence-electron chi connectivity index (χ0n) is 10.0. The Kier molecular flexibility index (Phi) is 3.09. The maximum absolute atomic E-state index is 4.59. The van der Waals surface area contributed by atoms with E-state index in [9.17, 15) is 0 Å². The van der Waals surface area contributed by atoms with Crippen LogP contribution in [0.15, 0.2) is 23.5 Å². The van der Waals surface area contributed by atoms with Crippen LogP contribution in [0.1, 0.15) is 19.8 Å². The Bertz CT molecular complexity index is 397. The summed E-state index contributed by atoms with van der Waals surface area (Å²) >= 11 is 1.93. The number of hydrogen-bond donors (Lipinski definition) is 1. The van der Waals surface area contributed by atoms with E-state index in [-0.39, 0.29) is 0 Å². The van der Waals surface area contributed by atoms with Crippen molar-refractivity contribution in [3.63, 3.8) is 0 Å². The normalized spacial score (nSPS) is 25.7. The maximum atomic E-state index is 4.59. The lowest BCUT2D eigenvalue weighted by Crippen LogP contribution is -2.33. The van der Waals surface area contributed by atoms with E-state index in [1.54, 1.807) is 0 Å². The summed E-state index contributed by atoms with van der Waals surface area (Å²) in [7, 11) is 0. The number of rotatable bonds is 4. The van der Waals surface area contributed by atoms with Gasteiger partial charge in [0.05, 0.1) is 13.1 Å². The summed E-state index contributed by atoms with van der Waals surface area (Å²) in [5.74, 6) is 0.935. The first-order valence-electron chi connectivity index (χ1n) is 6.26. The van der Waals surface area contributed by atoms with Crippen LogP contribution in [0, 0.1) is 5.92 Å². The van der Waals surface area contributed by atoms with Crippen molar-refractivity contribution in [2.24, 2.45) is 10.9 Å². The third-order valence-electron chi connectivity index (χ3n) is 3.22. The van der Waals surface area contributed by atoms with E-state index in [0.717, 1.165) is 29.4 Å². The van der Waals surface area contributed by atoms with Crippen molar-refractivity contribution in [1.82, 2.24) is 15.1 Å². The Morgan fingerprint density at radius 1 is 1.59 bits per heavy atom. The first kappa shape index (κ1) is 11.1. The summed E-state index contributed by atoms with van der Waals surface area (Å²) in [6, 6.07) is 2.33. The van der Waals surface area contributed by atoms with Crippen LogP contribution in [-0.4, -0.2) is 32.8 Å². The second-order valence-electron chi connectivity index (χ2n) is 4.91. The van der Waals surface area contributed by atoms with Gasteiger partial charge >= 0.3 is 0 Å². The maximum Gasteiger partial charge on any atom is 0.157 e. The number of nitrogens with zero attached hydrogens (tertiary/aromatic N) is 3. The molecule has 0 radical (unpaired) electrons. The summed E-state index contributed by atoms with van der Waals surface area (Å²) in [6.45, 7) is 4.07. The average Bonchev–Trinajstić information content (AvgIpc) is 2.84. The molecule has 2 atom stereocenters. The first-order valence-corrected chi connectivity index (χ1v) is 7.14. The quantitative estimate of drug-likeness (QED) is 0.885. The van der Waals surface area contributed by atoms with Gasteiger partial charge in [-0.05, 0) is 31.7 Å². The van der Waals surface area contributed by atoms with Crippen molar-refractivity contribution in [3.8, 4) is 0 Å². The minimum Gasteiger partial charge on any atom is -0.361 e. The topological polar surface area (TPSA) is 42.2 Å². The van der Waals surface area contributed by atoms with Gasteiger partial charge in [0.25, 0.3) is 0 Å². The van der Waals surface area contributed by atoms with Crippen molar-refractivity contribution in [2.75, 3.05) is 6.54 Å². The van der Waals surface area contributed by atoms with Gasteiger partial charge in [0.15, 0.2) is 5.17 Å². The molecule has 2 heterocycles. The smallest absolute Gasteiger partial charge is 0.157 e. The fourth-order valence-electron chi connectivity index (χ4n) is 2.13. The zero-order valence-corrected chi connectivity index (χ0v) is 10.9. The van der Waals surface area contributed by atoms with Crippen LogP contribution in [0.3, 0.4) is 0 Å². The van der Waals surface area contributed by atoms with Crippen LogP contribution >= 0.6 is 11.8 Å². The second-order valence-corrected chi connectivity index (χ2v) is 6.14. The van der Waals surface area contributed by atoms with Crippen molar-refractivity contribution in [1.29, 1.82) is 0 Å². The number of nitrogens with one attached hydrogen (secondary N) is 1. The molecule has 1 saturated carbocycles. The largest absolute Gasteiger partial charge is 0.361 e. The molecule has 2 aliphatic rings. The van der Waals surface area contributed by atoms with Gasteiger partial charge in [-0.3, -0.25) is 9.67 Å². The molecule has 1 aromatic rings. The van der Waals surface area contributed by atoms with Gasteiger partial charge < -0.3 is 5.32 Å². The third kappa shape index (κ3) is 2.83. The minimum absolute atomic E-state index is 0.374. The molecule has 92 valence electrons. The molecule has 5 heteroatoms. The molecule has 1 aliphatic carbocycles. The zero-order chi connectivity index (χ0) is 11.7. The fraction of sp³-hybridized carbons (Fsp3) is 0.667. The fourth-order valence-corrected chi connectivity index (χ4v) is 3.45. The molecule has 0 aromatic carbocycles. The van der Waals surface area contributed by atoms with Gasteiger partial charge in [-0.25, -0.2) is 0 Å². The highest BCUT2D eigenvalue weighted by Gasteiger charge is 2.35. The van der Waals surface area contributed by atoms with Crippen molar-refractivity contribution < 1.29 is 0 Å². The van der Waals surface area contributed by atoms with Crippen LogP contribution in [0.4, 0.5) is 0 Å². The number of amidine groups is 1. The van der Waals surface area contributed by atoms with Gasteiger partial charge in [0, 0.05) is 23.7 Å². The Hall–Kier alpha value is -0.970. The molecule has 0 amide bonds. The molecule has 3 rings (SSSR count). The summed E-state index contributed by atoms with van der Waals surface area (Å²) in [5, 5.41) is 9.57. The van der Waals surface area contributed by atoms with Crippen molar-refractivity contribution in [3.05, 3.63) is 18.5 Å². The second kappa shape index (κ2) is 4.72. The Labute approximate surface area is 106 Å². The Morgan fingerprint density at radius 3 is 3.18 bits per heavy atom. The predicted molar refractivity (Wildman–Crippen MR) is 71.2 cm³/mol. The molecular weight excluding hydrogens is 232 g/mol. The van der Waals surface area contributed by atoms with Crippen LogP contribution in [-0.2, 0) is 6.54 Å². The lowest BCUT2D eigenvalue weighted by Gasteiger charge is -2.15. The van der Waals surface area contributed by atoms with E-state index < -0.39 is 0 Å². The van der Waals surface area contributed by atoms with E-state index >= 15 is 0 Å². The van der Waals surface area contributed by atoms with Crippen molar-refractivity contribution in [2.45, 2.75) is 37.6 Å². The van der Waals surface area contributed by atoms with E-state index in [0.29, 0.717) is 6.04 Å². The van der Waals surface area contributed by atoms with Gasteiger partial charge in [0.1, 0.15) is 0 Å². The average molecular weight is 250 g/mol. The third-order valence-corrected chi connectivity index (χ3v) is 4.52. The molecule has 1 N–H and O–H groups in total. The molecule has 17 heavy (non-hydrogen) atoms. The Morgan fingerprint density at radius 2 is 2.47 bits per heavy atom. The highest BCUT2D eigenvalue weighted by atomic mass is 32.2. The van der Waals surface area contributed by atoms with E-state index in [2.05, 4.69) is 22.3 Å². The molecule has 2 unspecified atom stereocenters. The number of hydrogen-bond acceptors (Lipinski definition) is 4. The summed E-state index contributed by atoms with van der Waals surface area (Å²) < 4.78 is 1.95. The molecular formula is C12H18N4S. The molecule has 1 aliphatic heterocycles. The number of thioether (sulfide) groups is 1. The first-order chi connectivity index (χ1) is 8.31. The standard InChI is InChI=1S/C12H18N4S/c1-9(8-16-6-2-5-14-16)15-12-13-7-11(17-12)10-3-4-10/h2,5-6,9-11H,3-4,7-8H2,1H3,(H,13,15). The molecule has 0 saturated heterocycles. The molecule has 4 nitrogen and oxygen atoms in total. The van der Waals surface area contributed by atoms with Crippen molar-refractivity contribution >= 4 is 16.9 Å². The highest BCUT2D eigenvalue weighted by molar-refractivity contribution is 8.14. The molecule has 1 fully saturated rings. The van der Waals surface area contributed by atoms with E-state index in [1.165, 1.54) is 12.8 Å².